The van der Waals surface area contributed by atoms with Gasteiger partial charge in [-0.05, 0) is 131 Å². The van der Waals surface area contributed by atoms with Crippen LogP contribution >= 0.6 is 0 Å². The van der Waals surface area contributed by atoms with Gasteiger partial charge in [0.1, 0.15) is 5.60 Å². The van der Waals surface area contributed by atoms with Crippen molar-refractivity contribution >= 4 is 0 Å². The van der Waals surface area contributed by atoms with E-state index in [9.17, 15) is 0 Å². The minimum Gasteiger partial charge on any atom is -0.381 e. The molecule has 6 fully saturated rings. The van der Waals surface area contributed by atoms with Crippen LogP contribution in [0.15, 0.2) is 0 Å². The van der Waals surface area contributed by atoms with Crippen LogP contribution in [0.1, 0.15) is 112 Å². The van der Waals surface area contributed by atoms with Gasteiger partial charge in [-0.25, -0.2) is 0 Å². The monoisotopic (exact) mass is 496 g/mol. The van der Waals surface area contributed by atoms with E-state index in [-0.39, 0.29) is 6.29 Å². The van der Waals surface area contributed by atoms with Crippen LogP contribution in [0.25, 0.3) is 0 Å². The molecule has 0 radical (unpaired) electrons. The van der Waals surface area contributed by atoms with Gasteiger partial charge in [0.2, 0.25) is 0 Å². The summed E-state index contributed by atoms with van der Waals surface area (Å²) in [5, 5.41) is 0. The van der Waals surface area contributed by atoms with Crippen LogP contribution in [-0.4, -0.2) is 31.7 Å². The van der Waals surface area contributed by atoms with Crippen molar-refractivity contribution in [1.29, 1.82) is 0 Å². The molecule has 1 aliphatic heterocycles. The maximum Gasteiger partial charge on any atom is 0.159 e. The first-order valence-corrected chi connectivity index (χ1v) is 15.5. The molecule has 1 spiro atoms. The zero-order valence-corrected chi connectivity index (χ0v) is 24.0. The molecule has 0 aromatic rings. The van der Waals surface area contributed by atoms with Gasteiger partial charge >= 0.3 is 0 Å². The van der Waals surface area contributed by atoms with E-state index in [1.54, 1.807) is 0 Å². The van der Waals surface area contributed by atoms with Gasteiger partial charge in [0.15, 0.2) is 6.29 Å². The Labute approximate surface area is 221 Å². The Morgan fingerprint density at radius 3 is 2.58 bits per heavy atom. The Morgan fingerprint density at radius 2 is 1.86 bits per heavy atom. The molecule has 36 heavy (non-hydrogen) atoms. The summed E-state index contributed by atoms with van der Waals surface area (Å²) in [5.41, 5.74) is 1.11. The van der Waals surface area contributed by atoms with Crippen LogP contribution in [0, 0.1) is 63.6 Å². The van der Waals surface area contributed by atoms with Crippen LogP contribution in [-0.2, 0) is 14.2 Å². The van der Waals surface area contributed by atoms with Gasteiger partial charge in [-0.1, -0.05) is 32.6 Å². The van der Waals surface area contributed by atoms with Crippen molar-refractivity contribution in [3.63, 3.8) is 0 Å². The van der Waals surface area contributed by atoms with Crippen LogP contribution < -0.4 is 0 Å². The molecule has 0 N–H and O–H groups in total. The highest BCUT2D eigenvalue weighted by atomic mass is 16.7. The summed E-state index contributed by atoms with van der Waals surface area (Å²) in [5.74, 6) is 12.1. The molecule has 6 aliphatic rings. The second kappa shape index (κ2) is 8.99. The van der Waals surface area contributed by atoms with Crippen LogP contribution in [0.2, 0.25) is 0 Å². The molecule has 0 aromatic heterocycles. The van der Waals surface area contributed by atoms with E-state index in [0.29, 0.717) is 28.3 Å². The van der Waals surface area contributed by atoms with Gasteiger partial charge in [0, 0.05) is 25.6 Å². The summed E-state index contributed by atoms with van der Waals surface area (Å²) in [4.78, 5) is 0. The Balaban J connectivity index is 1.13. The zero-order valence-electron chi connectivity index (χ0n) is 24.0. The molecule has 11 unspecified atom stereocenters. The molecular weight excluding hydrogens is 444 g/mol. The lowest BCUT2D eigenvalue weighted by Gasteiger charge is -2.61. The average molecular weight is 497 g/mol. The second-order valence-corrected chi connectivity index (χ2v) is 14.9. The molecule has 6 rings (SSSR count). The van der Waals surface area contributed by atoms with Crippen molar-refractivity contribution < 1.29 is 14.2 Å². The highest BCUT2D eigenvalue weighted by Gasteiger charge is 2.77. The van der Waals surface area contributed by atoms with E-state index in [2.05, 4.69) is 46.5 Å². The van der Waals surface area contributed by atoms with Gasteiger partial charge in [0.05, 0.1) is 6.10 Å². The number of fused-ring (bicyclic) bond motifs is 4. The molecule has 5 saturated carbocycles. The molecule has 3 heteroatoms. The third-order valence-electron chi connectivity index (χ3n) is 13.0. The maximum atomic E-state index is 6.32. The molecule has 0 bridgehead atoms. The predicted octanol–water partition coefficient (Wildman–Crippen LogP) is 7.62. The number of rotatable bonds is 5. The van der Waals surface area contributed by atoms with E-state index >= 15 is 0 Å². The molecule has 1 saturated heterocycles. The molecule has 3 nitrogen and oxygen atoms in total. The summed E-state index contributed by atoms with van der Waals surface area (Å²) in [7, 11) is 2.01. The molecular formula is C33H52O3. The summed E-state index contributed by atoms with van der Waals surface area (Å²) >= 11 is 0. The van der Waals surface area contributed by atoms with Crippen molar-refractivity contribution in [3.05, 3.63) is 0 Å². The maximum absolute atomic E-state index is 6.32. The lowest BCUT2D eigenvalue weighted by molar-refractivity contribution is -0.199. The molecule has 202 valence electrons. The number of hydrogen-bond acceptors (Lipinski definition) is 3. The van der Waals surface area contributed by atoms with Crippen molar-refractivity contribution in [2.75, 3.05) is 13.7 Å². The van der Waals surface area contributed by atoms with E-state index in [4.69, 9.17) is 14.2 Å². The number of ether oxygens (including phenoxy) is 3. The fourth-order valence-electron chi connectivity index (χ4n) is 11.3. The largest absolute Gasteiger partial charge is 0.381 e. The second-order valence-electron chi connectivity index (χ2n) is 14.9. The first-order valence-electron chi connectivity index (χ1n) is 15.5. The fraction of sp³-hybridized carbons (Fsp3) is 0.939. The van der Waals surface area contributed by atoms with Gasteiger partial charge in [-0.3, -0.25) is 0 Å². The molecule has 11 atom stereocenters. The Bertz CT molecular complexity index is 894. The minimum atomic E-state index is -0.438. The molecule has 0 amide bonds. The first-order chi connectivity index (χ1) is 17.1. The van der Waals surface area contributed by atoms with Gasteiger partial charge < -0.3 is 14.2 Å². The Morgan fingerprint density at radius 1 is 1.03 bits per heavy atom. The Kier molecular flexibility index (Phi) is 6.42. The third kappa shape index (κ3) is 3.78. The van der Waals surface area contributed by atoms with E-state index < -0.39 is 5.60 Å². The summed E-state index contributed by atoms with van der Waals surface area (Å²) in [6.07, 6.45) is 16.2. The highest BCUT2D eigenvalue weighted by Crippen LogP contribution is 2.82. The molecule has 1 heterocycles. The van der Waals surface area contributed by atoms with E-state index in [1.807, 2.05) is 7.11 Å². The average Bonchev–Trinajstić information content (AvgIpc) is 3.35. The van der Waals surface area contributed by atoms with Crippen molar-refractivity contribution in [3.8, 4) is 11.8 Å². The number of methoxy groups -OCH3 is 1. The molecule has 0 aromatic carbocycles. The van der Waals surface area contributed by atoms with Crippen LogP contribution in [0.5, 0.6) is 0 Å². The predicted molar refractivity (Wildman–Crippen MR) is 144 cm³/mol. The standard InChI is InChI=1S/C33H52O3/c1-22(10-9-16-30(2,3)36-29-11-7-8-19-35-29)25-12-13-26-24-20-28(34-6)33-21-23(33)14-18-32(33,5)27(24)15-17-31(25,26)4/h22-29H,7-8,10-15,17-21H2,1-6H3. The third-order valence-corrected chi connectivity index (χ3v) is 13.0. The van der Waals surface area contributed by atoms with Crippen molar-refractivity contribution in [1.82, 2.24) is 0 Å². The fourth-order valence-corrected chi connectivity index (χ4v) is 11.3. The summed E-state index contributed by atoms with van der Waals surface area (Å²) in [6, 6.07) is 0. The van der Waals surface area contributed by atoms with Crippen molar-refractivity contribution in [2.45, 2.75) is 130 Å². The first kappa shape index (κ1) is 25.7. The Hall–Kier alpha value is -0.560. The van der Waals surface area contributed by atoms with Crippen LogP contribution in [0.4, 0.5) is 0 Å². The van der Waals surface area contributed by atoms with Crippen molar-refractivity contribution in [2.24, 2.45) is 51.8 Å². The van der Waals surface area contributed by atoms with Gasteiger partial charge in [-0.15, -0.1) is 0 Å². The normalized spacial score (nSPS) is 50.2. The lowest BCUT2D eigenvalue weighted by Crippen LogP contribution is -2.57. The topological polar surface area (TPSA) is 27.7 Å². The SMILES string of the molecule is COC1CC2C3CCC(C(C)CC#CC(C)(C)OC4CCCCO4)C3(C)CCC2C2(C)CCC3CC312. The zero-order chi connectivity index (χ0) is 25.3. The van der Waals surface area contributed by atoms with Gasteiger partial charge in [0.25, 0.3) is 0 Å². The highest BCUT2D eigenvalue weighted by molar-refractivity contribution is 5.26. The quantitative estimate of drug-likeness (QED) is 0.366. The van der Waals surface area contributed by atoms with Gasteiger partial charge in [-0.2, -0.15) is 0 Å². The summed E-state index contributed by atoms with van der Waals surface area (Å²) in [6.45, 7) is 12.9. The number of hydrogen-bond donors (Lipinski definition) is 0. The summed E-state index contributed by atoms with van der Waals surface area (Å²) < 4.78 is 18.3. The minimum absolute atomic E-state index is 0.0802. The molecule has 5 aliphatic carbocycles. The smallest absolute Gasteiger partial charge is 0.159 e. The van der Waals surface area contributed by atoms with E-state index in [1.165, 1.54) is 57.8 Å². The van der Waals surface area contributed by atoms with Crippen LogP contribution in [0.3, 0.4) is 0 Å². The van der Waals surface area contributed by atoms with E-state index in [0.717, 1.165) is 55.5 Å². The lowest BCUT2D eigenvalue weighted by atomic mass is 9.45.